The first kappa shape index (κ1) is 15.8. The van der Waals surface area contributed by atoms with Crippen LogP contribution in [0, 0.1) is 5.41 Å². The van der Waals surface area contributed by atoms with Gasteiger partial charge in [-0.3, -0.25) is 4.79 Å². The molecule has 0 unspecified atom stereocenters. The van der Waals surface area contributed by atoms with Crippen molar-refractivity contribution in [3.8, 4) is 5.75 Å². The molecule has 0 saturated heterocycles. The first-order valence-corrected chi connectivity index (χ1v) is 7.90. The molecule has 0 radical (unpaired) electrons. The quantitative estimate of drug-likeness (QED) is 0.846. The van der Waals surface area contributed by atoms with Crippen LogP contribution in [0.3, 0.4) is 0 Å². The monoisotopic (exact) mass is 290 g/mol. The molecule has 0 heterocycles. The van der Waals surface area contributed by atoms with Crippen LogP contribution in [0.2, 0.25) is 0 Å². The predicted octanol–water partition coefficient (Wildman–Crippen LogP) is 2.61. The Morgan fingerprint density at radius 1 is 1.33 bits per heavy atom. The predicted molar refractivity (Wildman–Crippen MR) is 84.0 cm³/mol. The molecule has 1 aromatic rings. The molecule has 116 valence electrons. The largest absolute Gasteiger partial charge is 0.494 e. The van der Waals surface area contributed by atoms with Crippen LogP contribution < -0.4 is 15.8 Å². The standard InChI is InChI=1S/C17H26N2O2/c1-2-21-15-8-6-7-14(11-15)12-19-16(20)17(13-18)9-4-3-5-10-17/h6-8,11H,2-5,9-10,12-13,18H2,1H3,(H,19,20). The summed E-state index contributed by atoms with van der Waals surface area (Å²) in [7, 11) is 0. The van der Waals surface area contributed by atoms with Gasteiger partial charge in [0, 0.05) is 13.1 Å². The van der Waals surface area contributed by atoms with Gasteiger partial charge in [-0.15, -0.1) is 0 Å². The molecule has 4 nitrogen and oxygen atoms in total. The number of hydrogen-bond donors (Lipinski definition) is 2. The average molecular weight is 290 g/mol. The maximum Gasteiger partial charge on any atom is 0.227 e. The van der Waals surface area contributed by atoms with Gasteiger partial charge >= 0.3 is 0 Å². The lowest BCUT2D eigenvalue weighted by Crippen LogP contribution is -2.46. The third kappa shape index (κ3) is 3.97. The Balaban J connectivity index is 1.95. The molecule has 0 aromatic heterocycles. The van der Waals surface area contributed by atoms with E-state index in [0.717, 1.165) is 37.0 Å². The Labute approximate surface area is 127 Å². The van der Waals surface area contributed by atoms with Crippen molar-refractivity contribution in [1.82, 2.24) is 5.32 Å². The summed E-state index contributed by atoms with van der Waals surface area (Å²) < 4.78 is 5.48. The number of carbonyl (C=O) groups is 1. The minimum Gasteiger partial charge on any atom is -0.494 e. The molecule has 0 aliphatic heterocycles. The smallest absolute Gasteiger partial charge is 0.227 e. The van der Waals surface area contributed by atoms with Gasteiger partial charge in [-0.25, -0.2) is 0 Å². The number of amides is 1. The van der Waals surface area contributed by atoms with E-state index in [1.165, 1.54) is 6.42 Å². The zero-order valence-corrected chi connectivity index (χ0v) is 12.9. The minimum atomic E-state index is -0.351. The second kappa shape index (κ2) is 7.46. The fourth-order valence-electron chi connectivity index (χ4n) is 3.03. The molecule has 21 heavy (non-hydrogen) atoms. The summed E-state index contributed by atoms with van der Waals surface area (Å²) in [6, 6.07) is 7.85. The van der Waals surface area contributed by atoms with E-state index in [1.54, 1.807) is 0 Å². The van der Waals surface area contributed by atoms with E-state index in [1.807, 2.05) is 31.2 Å². The van der Waals surface area contributed by atoms with E-state index in [0.29, 0.717) is 19.7 Å². The van der Waals surface area contributed by atoms with Gasteiger partial charge in [0.05, 0.1) is 12.0 Å². The van der Waals surface area contributed by atoms with Gasteiger partial charge < -0.3 is 15.8 Å². The summed E-state index contributed by atoms with van der Waals surface area (Å²) in [5.74, 6) is 0.946. The maximum absolute atomic E-state index is 12.5. The van der Waals surface area contributed by atoms with Gasteiger partial charge in [-0.05, 0) is 37.5 Å². The van der Waals surface area contributed by atoms with Crippen LogP contribution >= 0.6 is 0 Å². The van der Waals surface area contributed by atoms with Gasteiger partial charge in [-0.1, -0.05) is 31.4 Å². The molecule has 0 atom stereocenters. The van der Waals surface area contributed by atoms with Crippen LogP contribution in [0.15, 0.2) is 24.3 Å². The maximum atomic E-state index is 12.5. The van der Waals surface area contributed by atoms with Gasteiger partial charge in [0.1, 0.15) is 5.75 Å². The van der Waals surface area contributed by atoms with Gasteiger partial charge in [-0.2, -0.15) is 0 Å². The Bertz CT molecular complexity index is 468. The Morgan fingerprint density at radius 3 is 2.76 bits per heavy atom. The van der Waals surface area contributed by atoms with E-state index >= 15 is 0 Å². The average Bonchev–Trinajstić information content (AvgIpc) is 2.54. The van der Waals surface area contributed by atoms with Crippen molar-refractivity contribution in [2.75, 3.05) is 13.2 Å². The number of benzene rings is 1. The summed E-state index contributed by atoms with van der Waals surface area (Å²) in [5, 5.41) is 3.06. The van der Waals surface area contributed by atoms with Crippen molar-refractivity contribution in [2.24, 2.45) is 11.1 Å². The molecule has 0 spiro atoms. The molecule has 1 aliphatic carbocycles. The Hall–Kier alpha value is -1.55. The normalized spacial score (nSPS) is 17.2. The molecule has 3 N–H and O–H groups in total. The number of carbonyl (C=O) groups excluding carboxylic acids is 1. The highest BCUT2D eigenvalue weighted by Crippen LogP contribution is 2.35. The molecule has 4 heteroatoms. The fraction of sp³-hybridized carbons (Fsp3) is 0.588. The van der Waals surface area contributed by atoms with Gasteiger partial charge in [0.15, 0.2) is 0 Å². The van der Waals surface area contributed by atoms with Crippen molar-refractivity contribution >= 4 is 5.91 Å². The van der Waals surface area contributed by atoms with Crippen LogP contribution in [0.5, 0.6) is 5.75 Å². The molecule has 1 fully saturated rings. The van der Waals surface area contributed by atoms with Crippen molar-refractivity contribution in [3.05, 3.63) is 29.8 Å². The number of nitrogens with one attached hydrogen (secondary N) is 1. The summed E-state index contributed by atoms with van der Waals surface area (Å²) in [4.78, 5) is 12.5. The summed E-state index contributed by atoms with van der Waals surface area (Å²) in [6.07, 6.45) is 5.24. The highest BCUT2D eigenvalue weighted by molar-refractivity contribution is 5.83. The highest BCUT2D eigenvalue weighted by Gasteiger charge is 2.37. The van der Waals surface area contributed by atoms with E-state index in [2.05, 4.69) is 5.32 Å². The number of hydrogen-bond acceptors (Lipinski definition) is 3. The molecule has 0 bridgehead atoms. The van der Waals surface area contributed by atoms with E-state index in [-0.39, 0.29) is 11.3 Å². The highest BCUT2D eigenvalue weighted by atomic mass is 16.5. The summed E-state index contributed by atoms with van der Waals surface area (Å²) in [5.41, 5.74) is 6.59. The van der Waals surface area contributed by atoms with Crippen LogP contribution in [-0.4, -0.2) is 19.1 Å². The third-order valence-corrected chi connectivity index (χ3v) is 4.35. The molecule has 2 rings (SSSR count). The first-order valence-electron chi connectivity index (χ1n) is 7.90. The van der Waals surface area contributed by atoms with E-state index in [9.17, 15) is 4.79 Å². The van der Waals surface area contributed by atoms with E-state index in [4.69, 9.17) is 10.5 Å². The van der Waals surface area contributed by atoms with Crippen LogP contribution in [0.4, 0.5) is 0 Å². The second-order valence-corrected chi connectivity index (χ2v) is 5.81. The summed E-state index contributed by atoms with van der Waals surface area (Å²) >= 11 is 0. The molecular weight excluding hydrogens is 264 g/mol. The molecule has 1 aliphatic rings. The molecule has 1 amide bonds. The molecule has 1 saturated carbocycles. The summed E-state index contributed by atoms with van der Waals surface area (Å²) in [6.45, 7) is 3.58. The zero-order valence-electron chi connectivity index (χ0n) is 12.9. The number of nitrogens with two attached hydrogens (primary N) is 1. The molecular formula is C17H26N2O2. The second-order valence-electron chi connectivity index (χ2n) is 5.81. The Kier molecular flexibility index (Phi) is 5.62. The van der Waals surface area contributed by atoms with Crippen molar-refractivity contribution < 1.29 is 9.53 Å². The lowest BCUT2D eigenvalue weighted by atomic mass is 9.73. The lowest BCUT2D eigenvalue weighted by molar-refractivity contribution is -0.132. The molecule has 1 aromatic carbocycles. The number of ether oxygens (including phenoxy) is 1. The van der Waals surface area contributed by atoms with Crippen LogP contribution in [0.1, 0.15) is 44.6 Å². The fourth-order valence-corrected chi connectivity index (χ4v) is 3.03. The lowest BCUT2D eigenvalue weighted by Gasteiger charge is -2.34. The first-order chi connectivity index (χ1) is 10.2. The van der Waals surface area contributed by atoms with Crippen molar-refractivity contribution in [3.63, 3.8) is 0 Å². The van der Waals surface area contributed by atoms with Gasteiger partial charge in [0.2, 0.25) is 5.91 Å². The minimum absolute atomic E-state index is 0.103. The Morgan fingerprint density at radius 2 is 2.10 bits per heavy atom. The van der Waals surface area contributed by atoms with E-state index < -0.39 is 0 Å². The third-order valence-electron chi connectivity index (χ3n) is 4.35. The topological polar surface area (TPSA) is 64.3 Å². The van der Waals surface area contributed by atoms with Crippen LogP contribution in [0.25, 0.3) is 0 Å². The van der Waals surface area contributed by atoms with Gasteiger partial charge in [0.25, 0.3) is 0 Å². The van der Waals surface area contributed by atoms with Crippen LogP contribution in [-0.2, 0) is 11.3 Å². The number of rotatable bonds is 6. The zero-order chi connectivity index (χ0) is 15.1. The SMILES string of the molecule is CCOc1cccc(CNC(=O)C2(CN)CCCCC2)c1. The van der Waals surface area contributed by atoms with Crippen molar-refractivity contribution in [2.45, 2.75) is 45.6 Å². The van der Waals surface area contributed by atoms with Crippen molar-refractivity contribution in [1.29, 1.82) is 0 Å².